The van der Waals surface area contributed by atoms with E-state index < -0.39 is 21.0 Å². The van der Waals surface area contributed by atoms with Gasteiger partial charge in [0.15, 0.2) is 0 Å². The summed E-state index contributed by atoms with van der Waals surface area (Å²) in [6.07, 6.45) is 0.636. The van der Waals surface area contributed by atoms with Crippen molar-refractivity contribution in [2.24, 2.45) is 0 Å². The van der Waals surface area contributed by atoms with Crippen molar-refractivity contribution >= 4 is 33.2 Å². The minimum Gasteiger partial charge on any atom is -0.465 e. The molecule has 1 aliphatic rings. The molecule has 0 saturated carbocycles. The molecule has 1 saturated heterocycles. The van der Waals surface area contributed by atoms with Gasteiger partial charge >= 0.3 is 6.09 Å². The number of amides is 1. The number of anilines is 2. The summed E-state index contributed by atoms with van der Waals surface area (Å²) < 4.78 is 25.0. The number of rotatable bonds is 5. The third-order valence-electron chi connectivity index (χ3n) is 4.24. The van der Waals surface area contributed by atoms with E-state index in [2.05, 4.69) is 0 Å². The molecule has 0 unspecified atom stereocenters. The second-order valence-electron chi connectivity index (χ2n) is 5.97. The maximum Gasteiger partial charge on any atom is 0.407 e. The first-order valence-electron chi connectivity index (χ1n) is 8.14. The van der Waals surface area contributed by atoms with Crippen LogP contribution in [0.1, 0.15) is 13.3 Å². The molecule has 1 aliphatic heterocycles. The van der Waals surface area contributed by atoms with E-state index in [4.69, 9.17) is 5.11 Å². The molecule has 1 N–H and O–H groups in total. The number of nitro groups is 1. The summed E-state index contributed by atoms with van der Waals surface area (Å²) in [6.45, 7) is 3.39. The third kappa shape index (κ3) is 4.34. The molecule has 1 heterocycles. The third-order valence-corrected chi connectivity index (χ3v) is 5.50. The molecule has 0 aromatic heterocycles. The van der Waals surface area contributed by atoms with Gasteiger partial charge in [0.05, 0.1) is 11.2 Å². The molecule has 10 nitrogen and oxygen atoms in total. The second-order valence-corrected chi connectivity index (χ2v) is 7.87. The fraction of sp³-hybridized carbons (Fsp3) is 0.533. The minimum atomic E-state index is -3.67. The zero-order chi connectivity index (χ0) is 19.5. The van der Waals surface area contributed by atoms with Crippen LogP contribution in [0, 0.1) is 10.1 Å². The summed E-state index contributed by atoms with van der Waals surface area (Å²) in [7, 11) is -3.67. The van der Waals surface area contributed by atoms with Crippen molar-refractivity contribution in [3.8, 4) is 0 Å². The van der Waals surface area contributed by atoms with Crippen LogP contribution in [-0.4, -0.2) is 68.4 Å². The van der Waals surface area contributed by atoms with Crippen LogP contribution in [0.15, 0.2) is 18.2 Å². The van der Waals surface area contributed by atoms with Gasteiger partial charge in [0.2, 0.25) is 10.0 Å². The number of nitro benzene ring substituents is 1. The number of benzene rings is 1. The molecular formula is C15H22N4O6S. The first kappa shape index (κ1) is 19.8. The van der Waals surface area contributed by atoms with Crippen LogP contribution < -0.4 is 9.21 Å². The molecule has 2 rings (SSSR count). The average Bonchev–Trinajstić information content (AvgIpc) is 2.80. The molecule has 144 valence electrons. The lowest BCUT2D eigenvalue weighted by Crippen LogP contribution is -2.34. The summed E-state index contributed by atoms with van der Waals surface area (Å²) in [5, 5.41) is 20.4. The van der Waals surface area contributed by atoms with E-state index >= 15 is 0 Å². The molecule has 1 fully saturated rings. The molecule has 0 aliphatic carbocycles. The van der Waals surface area contributed by atoms with Crippen molar-refractivity contribution < 1.29 is 23.2 Å². The van der Waals surface area contributed by atoms with E-state index in [0.29, 0.717) is 38.3 Å². The second kappa shape index (κ2) is 7.77. The summed E-state index contributed by atoms with van der Waals surface area (Å²) in [6, 6.07) is 4.34. The van der Waals surface area contributed by atoms with Gasteiger partial charge in [-0.25, -0.2) is 13.2 Å². The lowest BCUT2D eigenvalue weighted by atomic mass is 10.2. The molecule has 0 atom stereocenters. The zero-order valence-electron chi connectivity index (χ0n) is 14.7. The van der Waals surface area contributed by atoms with Gasteiger partial charge in [-0.15, -0.1) is 0 Å². The highest BCUT2D eigenvalue weighted by atomic mass is 32.2. The highest BCUT2D eigenvalue weighted by Gasteiger charge is 2.27. The molecular weight excluding hydrogens is 364 g/mol. The van der Waals surface area contributed by atoms with Crippen LogP contribution in [0.3, 0.4) is 0 Å². The largest absolute Gasteiger partial charge is 0.465 e. The first-order valence-corrected chi connectivity index (χ1v) is 9.99. The average molecular weight is 386 g/mol. The minimum absolute atomic E-state index is 0.0110. The predicted molar refractivity (Wildman–Crippen MR) is 97.4 cm³/mol. The standard InChI is InChI=1S/C15H22N4O6S/c1-3-18(26(2,24)25)14-11-12(5-6-13(14)19(22)23)16-7-4-8-17(10-9-16)15(20)21/h5-6,11H,3-4,7-10H2,1-2H3,(H,20,21). The van der Waals surface area contributed by atoms with Gasteiger partial charge in [0.1, 0.15) is 5.69 Å². The molecule has 26 heavy (non-hydrogen) atoms. The van der Waals surface area contributed by atoms with Crippen molar-refractivity contribution in [2.45, 2.75) is 13.3 Å². The summed E-state index contributed by atoms with van der Waals surface area (Å²) in [5.74, 6) is 0. The Kier molecular flexibility index (Phi) is 5.90. The topological polar surface area (TPSA) is 124 Å². The van der Waals surface area contributed by atoms with Crippen molar-refractivity contribution in [3.05, 3.63) is 28.3 Å². The van der Waals surface area contributed by atoms with E-state index in [0.717, 1.165) is 10.6 Å². The van der Waals surface area contributed by atoms with Crippen LogP contribution in [0.25, 0.3) is 0 Å². The van der Waals surface area contributed by atoms with Gasteiger partial charge in [-0.3, -0.25) is 14.4 Å². The fourth-order valence-corrected chi connectivity index (χ4v) is 3.99. The van der Waals surface area contributed by atoms with Gasteiger partial charge in [-0.1, -0.05) is 0 Å². The lowest BCUT2D eigenvalue weighted by Gasteiger charge is -2.26. The zero-order valence-corrected chi connectivity index (χ0v) is 15.5. The molecule has 0 bridgehead atoms. The van der Waals surface area contributed by atoms with Crippen LogP contribution in [0.4, 0.5) is 21.9 Å². The molecule has 1 amide bonds. The normalized spacial score (nSPS) is 15.5. The van der Waals surface area contributed by atoms with E-state index in [1.807, 2.05) is 4.90 Å². The Balaban J connectivity index is 2.41. The summed E-state index contributed by atoms with van der Waals surface area (Å²) in [4.78, 5) is 25.1. The van der Waals surface area contributed by atoms with Gasteiger partial charge in [0.25, 0.3) is 5.69 Å². The lowest BCUT2D eigenvalue weighted by molar-refractivity contribution is -0.384. The van der Waals surface area contributed by atoms with Gasteiger partial charge in [-0.05, 0) is 25.5 Å². The Morgan fingerprint density at radius 2 is 2.00 bits per heavy atom. The Labute approximate surface area is 151 Å². The van der Waals surface area contributed by atoms with E-state index in [1.54, 1.807) is 13.0 Å². The van der Waals surface area contributed by atoms with Crippen LogP contribution in [0.2, 0.25) is 0 Å². The molecule has 1 aromatic carbocycles. The Hall–Kier alpha value is -2.56. The van der Waals surface area contributed by atoms with Crippen LogP contribution in [0.5, 0.6) is 0 Å². The SMILES string of the molecule is CCN(c1cc(N2CCCN(C(=O)O)CC2)ccc1[N+](=O)[O-])S(C)(=O)=O. The fourth-order valence-electron chi connectivity index (χ4n) is 3.01. The molecule has 0 radical (unpaired) electrons. The number of carboxylic acid groups (broad SMARTS) is 1. The number of hydrogen-bond donors (Lipinski definition) is 1. The summed E-state index contributed by atoms with van der Waals surface area (Å²) in [5.41, 5.74) is 0.347. The van der Waals surface area contributed by atoms with Crippen molar-refractivity contribution in [2.75, 3.05) is 48.2 Å². The Morgan fingerprint density at radius 3 is 2.54 bits per heavy atom. The van der Waals surface area contributed by atoms with E-state index in [9.17, 15) is 23.3 Å². The number of nitrogens with zero attached hydrogens (tertiary/aromatic N) is 4. The molecule has 1 aromatic rings. The van der Waals surface area contributed by atoms with E-state index in [-0.39, 0.29) is 17.9 Å². The maximum atomic E-state index is 12.0. The Morgan fingerprint density at radius 1 is 1.31 bits per heavy atom. The summed E-state index contributed by atoms with van der Waals surface area (Å²) >= 11 is 0. The van der Waals surface area contributed by atoms with Crippen molar-refractivity contribution in [1.82, 2.24) is 4.90 Å². The van der Waals surface area contributed by atoms with Crippen LogP contribution >= 0.6 is 0 Å². The Bertz CT molecular complexity index is 797. The maximum absolute atomic E-state index is 12.0. The van der Waals surface area contributed by atoms with Crippen molar-refractivity contribution in [1.29, 1.82) is 0 Å². The van der Waals surface area contributed by atoms with Crippen molar-refractivity contribution in [3.63, 3.8) is 0 Å². The number of carbonyl (C=O) groups is 1. The number of hydrogen-bond acceptors (Lipinski definition) is 6. The van der Waals surface area contributed by atoms with Gasteiger partial charge < -0.3 is 14.9 Å². The monoisotopic (exact) mass is 386 g/mol. The first-order chi connectivity index (χ1) is 12.1. The van der Waals surface area contributed by atoms with Crippen LogP contribution in [-0.2, 0) is 10.0 Å². The highest BCUT2D eigenvalue weighted by molar-refractivity contribution is 7.92. The predicted octanol–water partition coefficient (Wildman–Crippen LogP) is 1.57. The highest BCUT2D eigenvalue weighted by Crippen LogP contribution is 2.34. The number of sulfonamides is 1. The van der Waals surface area contributed by atoms with E-state index in [1.165, 1.54) is 17.0 Å². The quantitative estimate of drug-likeness (QED) is 0.601. The smallest absolute Gasteiger partial charge is 0.407 e. The molecule has 11 heteroatoms. The van der Waals surface area contributed by atoms with Gasteiger partial charge in [0, 0.05) is 44.5 Å². The van der Waals surface area contributed by atoms with Gasteiger partial charge in [-0.2, -0.15) is 0 Å². The molecule has 0 spiro atoms.